The molecule has 0 aliphatic rings. The second kappa shape index (κ2) is 4.83. The highest BCUT2D eigenvalue weighted by Crippen LogP contribution is 2.31. The van der Waals surface area contributed by atoms with E-state index in [1.807, 2.05) is 6.92 Å². The molecule has 0 saturated carbocycles. The van der Waals surface area contributed by atoms with Crippen molar-refractivity contribution in [2.75, 3.05) is 6.54 Å². The van der Waals surface area contributed by atoms with Crippen LogP contribution in [0.25, 0.3) is 0 Å². The quantitative estimate of drug-likeness (QED) is 0.665. The summed E-state index contributed by atoms with van der Waals surface area (Å²) >= 11 is 0. The summed E-state index contributed by atoms with van der Waals surface area (Å²) in [6.07, 6.45) is 1.75. The van der Waals surface area contributed by atoms with Gasteiger partial charge in [0.15, 0.2) is 0 Å². The first-order valence-electron chi connectivity index (χ1n) is 4.95. The summed E-state index contributed by atoms with van der Waals surface area (Å²) in [5.74, 6) is 0.526. The summed E-state index contributed by atoms with van der Waals surface area (Å²) in [7, 11) is 0. The smallest absolute Gasteiger partial charge is 0.0707 e. The second-order valence-corrected chi connectivity index (χ2v) is 3.84. The average molecular weight is 173 g/mol. The molecule has 2 heteroatoms. The van der Waals surface area contributed by atoms with Gasteiger partial charge in [-0.05, 0) is 31.2 Å². The molecule has 0 bridgehead atoms. The molecule has 0 aromatic carbocycles. The lowest BCUT2D eigenvalue weighted by Crippen LogP contribution is -2.45. The molecule has 0 amide bonds. The minimum atomic E-state index is -0.566. The Morgan fingerprint density at radius 2 is 1.83 bits per heavy atom. The first kappa shape index (κ1) is 11.9. The third-order valence-corrected chi connectivity index (χ3v) is 3.05. The molecular formula is C10H23NO. The van der Waals surface area contributed by atoms with Gasteiger partial charge < -0.3 is 10.8 Å². The van der Waals surface area contributed by atoms with Crippen LogP contribution in [0.1, 0.15) is 40.5 Å². The van der Waals surface area contributed by atoms with Crippen molar-refractivity contribution in [2.45, 2.75) is 46.1 Å². The van der Waals surface area contributed by atoms with Crippen molar-refractivity contribution in [1.29, 1.82) is 0 Å². The fourth-order valence-electron chi connectivity index (χ4n) is 1.89. The Hall–Kier alpha value is -0.0800. The SMILES string of the molecule is CCC(CN)C(O)(CC)C(C)C. The standard InChI is InChI=1S/C10H23NO/c1-5-9(7-11)10(12,6-2)8(3)4/h8-9,12H,5-7,11H2,1-4H3. The van der Waals surface area contributed by atoms with Crippen molar-refractivity contribution >= 4 is 0 Å². The van der Waals surface area contributed by atoms with Crippen molar-refractivity contribution in [1.82, 2.24) is 0 Å². The summed E-state index contributed by atoms with van der Waals surface area (Å²) in [6.45, 7) is 8.81. The molecule has 0 spiro atoms. The van der Waals surface area contributed by atoms with Gasteiger partial charge in [-0.2, -0.15) is 0 Å². The number of hydrogen-bond donors (Lipinski definition) is 2. The van der Waals surface area contributed by atoms with Gasteiger partial charge in [0.05, 0.1) is 5.60 Å². The van der Waals surface area contributed by atoms with Crippen molar-refractivity contribution in [2.24, 2.45) is 17.6 Å². The Kier molecular flexibility index (Phi) is 4.80. The van der Waals surface area contributed by atoms with Crippen LogP contribution in [0.2, 0.25) is 0 Å². The molecule has 2 atom stereocenters. The molecule has 3 N–H and O–H groups in total. The maximum Gasteiger partial charge on any atom is 0.0707 e. The Bertz CT molecular complexity index is 121. The number of rotatable bonds is 5. The molecule has 0 aromatic heterocycles. The summed E-state index contributed by atoms with van der Waals surface area (Å²) in [4.78, 5) is 0. The first-order chi connectivity index (χ1) is 5.52. The summed E-state index contributed by atoms with van der Waals surface area (Å²) in [5.41, 5.74) is 5.06. The van der Waals surface area contributed by atoms with E-state index >= 15 is 0 Å². The van der Waals surface area contributed by atoms with Crippen LogP contribution in [0.15, 0.2) is 0 Å². The van der Waals surface area contributed by atoms with Crippen LogP contribution in [0, 0.1) is 11.8 Å². The topological polar surface area (TPSA) is 46.2 Å². The predicted molar refractivity (Wildman–Crippen MR) is 52.9 cm³/mol. The molecule has 0 fully saturated rings. The van der Waals surface area contributed by atoms with E-state index in [2.05, 4.69) is 20.8 Å². The zero-order valence-corrected chi connectivity index (χ0v) is 8.80. The molecule has 2 nitrogen and oxygen atoms in total. The number of hydrogen-bond acceptors (Lipinski definition) is 2. The second-order valence-electron chi connectivity index (χ2n) is 3.84. The molecular weight excluding hydrogens is 150 g/mol. The van der Waals surface area contributed by atoms with E-state index < -0.39 is 5.60 Å². The van der Waals surface area contributed by atoms with Crippen LogP contribution in [-0.2, 0) is 0 Å². The third-order valence-electron chi connectivity index (χ3n) is 3.05. The highest BCUT2D eigenvalue weighted by Gasteiger charge is 2.35. The maximum atomic E-state index is 10.3. The van der Waals surface area contributed by atoms with Gasteiger partial charge in [0.1, 0.15) is 0 Å². The van der Waals surface area contributed by atoms with Gasteiger partial charge in [-0.1, -0.05) is 27.7 Å². The molecule has 0 aliphatic heterocycles. The number of nitrogens with two attached hydrogens (primary N) is 1. The Morgan fingerprint density at radius 3 is 1.92 bits per heavy atom. The minimum absolute atomic E-state index is 0.238. The largest absolute Gasteiger partial charge is 0.389 e. The van der Waals surface area contributed by atoms with E-state index in [4.69, 9.17) is 5.73 Å². The Morgan fingerprint density at radius 1 is 1.33 bits per heavy atom. The lowest BCUT2D eigenvalue weighted by atomic mass is 9.75. The number of aliphatic hydroxyl groups is 1. The normalized spacial score (nSPS) is 19.2. The van der Waals surface area contributed by atoms with Crippen molar-refractivity contribution in [3.63, 3.8) is 0 Å². The molecule has 0 saturated heterocycles. The van der Waals surface area contributed by atoms with E-state index in [0.717, 1.165) is 12.8 Å². The molecule has 0 aliphatic carbocycles. The monoisotopic (exact) mass is 173 g/mol. The molecule has 0 radical (unpaired) electrons. The van der Waals surface area contributed by atoms with Crippen molar-refractivity contribution in [3.8, 4) is 0 Å². The van der Waals surface area contributed by atoms with Gasteiger partial charge in [0.2, 0.25) is 0 Å². The fraction of sp³-hybridized carbons (Fsp3) is 1.00. The third kappa shape index (κ3) is 2.20. The van der Waals surface area contributed by atoms with Crippen LogP contribution in [0.5, 0.6) is 0 Å². The first-order valence-corrected chi connectivity index (χ1v) is 4.95. The molecule has 0 rings (SSSR count). The van der Waals surface area contributed by atoms with Crippen LogP contribution in [0.3, 0.4) is 0 Å². The minimum Gasteiger partial charge on any atom is -0.389 e. The van der Waals surface area contributed by atoms with Gasteiger partial charge in [-0.15, -0.1) is 0 Å². The van der Waals surface area contributed by atoms with Crippen LogP contribution in [0.4, 0.5) is 0 Å². The molecule has 0 aromatic rings. The van der Waals surface area contributed by atoms with E-state index in [1.165, 1.54) is 0 Å². The zero-order valence-electron chi connectivity index (χ0n) is 8.80. The van der Waals surface area contributed by atoms with Crippen molar-refractivity contribution < 1.29 is 5.11 Å². The van der Waals surface area contributed by atoms with E-state index in [-0.39, 0.29) is 11.8 Å². The summed E-state index contributed by atoms with van der Waals surface area (Å²) in [6, 6.07) is 0. The zero-order chi connectivity index (χ0) is 9.78. The Balaban J connectivity index is 4.47. The van der Waals surface area contributed by atoms with Crippen LogP contribution < -0.4 is 5.73 Å². The van der Waals surface area contributed by atoms with Crippen LogP contribution >= 0.6 is 0 Å². The van der Waals surface area contributed by atoms with Gasteiger partial charge in [-0.3, -0.25) is 0 Å². The highest BCUT2D eigenvalue weighted by atomic mass is 16.3. The molecule has 12 heavy (non-hydrogen) atoms. The van der Waals surface area contributed by atoms with Gasteiger partial charge in [0.25, 0.3) is 0 Å². The molecule has 0 heterocycles. The van der Waals surface area contributed by atoms with Crippen LogP contribution in [-0.4, -0.2) is 17.3 Å². The predicted octanol–water partition coefficient (Wildman–Crippen LogP) is 1.77. The van der Waals surface area contributed by atoms with Gasteiger partial charge in [0, 0.05) is 0 Å². The lowest BCUT2D eigenvalue weighted by molar-refractivity contribution is -0.0601. The van der Waals surface area contributed by atoms with Crippen molar-refractivity contribution in [3.05, 3.63) is 0 Å². The van der Waals surface area contributed by atoms with E-state index in [0.29, 0.717) is 6.54 Å². The summed E-state index contributed by atoms with van der Waals surface area (Å²) in [5, 5.41) is 10.3. The summed E-state index contributed by atoms with van der Waals surface area (Å²) < 4.78 is 0. The lowest BCUT2D eigenvalue weighted by Gasteiger charge is -2.38. The molecule has 74 valence electrons. The van der Waals surface area contributed by atoms with Gasteiger partial charge >= 0.3 is 0 Å². The fourth-order valence-corrected chi connectivity index (χ4v) is 1.89. The Labute approximate surface area is 76.2 Å². The highest BCUT2D eigenvalue weighted by molar-refractivity contribution is 4.87. The van der Waals surface area contributed by atoms with E-state index in [1.54, 1.807) is 0 Å². The molecule has 2 unspecified atom stereocenters. The average Bonchev–Trinajstić information content (AvgIpc) is 2.05. The maximum absolute atomic E-state index is 10.3. The van der Waals surface area contributed by atoms with E-state index in [9.17, 15) is 5.11 Å². The van der Waals surface area contributed by atoms with Gasteiger partial charge in [-0.25, -0.2) is 0 Å².